The quantitative estimate of drug-likeness (QED) is 0.493. The Labute approximate surface area is 67.9 Å². The Bertz CT molecular complexity index is 138. The minimum absolute atomic E-state index is 0.0557. The fraction of sp³-hybridized carbons (Fsp3) is 0.667. The van der Waals surface area contributed by atoms with Crippen LogP contribution in [0.15, 0.2) is 12.2 Å². The van der Waals surface area contributed by atoms with E-state index in [4.69, 9.17) is 0 Å². The molecule has 0 aromatic carbocycles. The van der Waals surface area contributed by atoms with Gasteiger partial charge >= 0.3 is 0 Å². The highest BCUT2D eigenvalue weighted by Gasteiger charge is 2.14. The van der Waals surface area contributed by atoms with Gasteiger partial charge in [-0.15, -0.1) is 0 Å². The van der Waals surface area contributed by atoms with Gasteiger partial charge in [-0.1, -0.05) is 26.8 Å². The van der Waals surface area contributed by atoms with Crippen LogP contribution in [0.2, 0.25) is 0 Å². The molecule has 2 atom stereocenters. The molecule has 2 heteroatoms. The maximum atomic E-state index is 9.93. The molecule has 0 aliphatic carbocycles. The van der Waals surface area contributed by atoms with E-state index in [-0.39, 0.29) is 17.9 Å². The first-order valence-corrected chi connectivity index (χ1v) is 3.89. The maximum Gasteiger partial charge on any atom is 0.142 e. The third-order valence-corrected chi connectivity index (χ3v) is 1.71. The Morgan fingerprint density at radius 3 is 2.18 bits per heavy atom. The van der Waals surface area contributed by atoms with Gasteiger partial charge in [-0.2, -0.15) is 0 Å². The van der Waals surface area contributed by atoms with Crippen LogP contribution in [0.4, 0.5) is 0 Å². The van der Waals surface area contributed by atoms with E-state index in [1.54, 1.807) is 6.08 Å². The maximum absolute atomic E-state index is 9.93. The van der Waals surface area contributed by atoms with Crippen molar-refractivity contribution in [1.29, 1.82) is 0 Å². The van der Waals surface area contributed by atoms with Crippen molar-refractivity contribution < 1.29 is 9.90 Å². The highest BCUT2D eigenvalue weighted by atomic mass is 16.3. The normalized spacial score (nSPS) is 17.2. The summed E-state index contributed by atoms with van der Waals surface area (Å²) in [5, 5.41) is 9.45. The molecule has 0 saturated carbocycles. The van der Waals surface area contributed by atoms with Crippen LogP contribution in [-0.2, 0) is 4.79 Å². The Balaban J connectivity index is 3.91. The molecule has 64 valence electrons. The van der Waals surface area contributed by atoms with Crippen molar-refractivity contribution in [3.8, 4) is 0 Å². The summed E-state index contributed by atoms with van der Waals surface area (Å²) >= 11 is 0. The molecular weight excluding hydrogens is 140 g/mol. The van der Waals surface area contributed by atoms with Gasteiger partial charge in [0.15, 0.2) is 0 Å². The van der Waals surface area contributed by atoms with Gasteiger partial charge < -0.3 is 5.11 Å². The number of allylic oxidation sites excluding steroid dienone is 1. The molecule has 0 bridgehead atoms. The summed E-state index contributed by atoms with van der Waals surface area (Å²) in [4.78, 5) is 9.93. The van der Waals surface area contributed by atoms with Crippen molar-refractivity contribution in [1.82, 2.24) is 0 Å². The lowest BCUT2D eigenvalue weighted by atomic mass is 9.95. The van der Waals surface area contributed by atoms with Gasteiger partial charge in [0.05, 0.1) is 6.10 Å². The number of aldehydes is 1. The van der Waals surface area contributed by atoms with Crippen molar-refractivity contribution in [2.75, 3.05) is 0 Å². The van der Waals surface area contributed by atoms with Crippen molar-refractivity contribution >= 4 is 6.29 Å². The molecule has 0 aliphatic heterocycles. The van der Waals surface area contributed by atoms with Crippen molar-refractivity contribution in [3.63, 3.8) is 0 Å². The molecule has 0 aromatic heterocycles. The smallest absolute Gasteiger partial charge is 0.142 e. The third-order valence-electron chi connectivity index (χ3n) is 1.71. The topological polar surface area (TPSA) is 37.3 Å². The predicted molar refractivity (Wildman–Crippen MR) is 45.2 cm³/mol. The molecule has 2 nitrogen and oxygen atoms in total. The van der Waals surface area contributed by atoms with Crippen molar-refractivity contribution in [2.24, 2.45) is 11.8 Å². The van der Waals surface area contributed by atoms with Crippen LogP contribution >= 0.6 is 0 Å². The second-order valence-electron chi connectivity index (χ2n) is 3.11. The Kier molecular flexibility index (Phi) is 4.79. The molecule has 2 unspecified atom stereocenters. The number of hydrogen-bond acceptors (Lipinski definition) is 2. The molecule has 0 aromatic rings. The number of carbonyl (C=O) groups is 1. The third kappa shape index (κ3) is 3.94. The highest BCUT2D eigenvalue weighted by molar-refractivity contribution is 5.64. The average Bonchev–Trinajstić information content (AvgIpc) is 1.98. The molecular formula is C9H16O2. The van der Waals surface area contributed by atoms with Gasteiger partial charge in [-0.3, -0.25) is 4.79 Å². The number of carbonyl (C=O) groups excluding carboxylic acids is 1. The van der Waals surface area contributed by atoms with Crippen molar-refractivity contribution in [2.45, 2.75) is 26.9 Å². The molecule has 1 N–H and O–H groups in total. The van der Waals surface area contributed by atoms with Gasteiger partial charge in [0, 0.05) is 5.92 Å². The van der Waals surface area contributed by atoms with E-state index in [1.807, 2.05) is 20.8 Å². The minimum atomic E-state index is -0.355. The zero-order valence-corrected chi connectivity index (χ0v) is 7.32. The van der Waals surface area contributed by atoms with Crippen LogP contribution < -0.4 is 0 Å². The number of aliphatic hydroxyl groups is 1. The van der Waals surface area contributed by atoms with Gasteiger partial charge in [0.2, 0.25) is 0 Å². The van der Waals surface area contributed by atoms with Gasteiger partial charge in [0.25, 0.3) is 0 Å². The summed E-state index contributed by atoms with van der Waals surface area (Å²) in [6.07, 6.45) is 3.52. The fourth-order valence-electron chi connectivity index (χ4n) is 0.942. The lowest BCUT2D eigenvalue weighted by Gasteiger charge is -2.18. The van der Waals surface area contributed by atoms with Crippen LogP contribution in [0, 0.1) is 11.8 Å². The first-order valence-electron chi connectivity index (χ1n) is 3.89. The summed E-state index contributed by atoms with van der Waals surface area (Å²) in [6.45, 7) is 5.80. The molecule has 0 heterocycles. The molecule has 0 saturated heterocycles. The van der Waals surface area contributed by atoms with Crippen LogP contribution in [0.5, 0.6) is 0 Å². The van der Waals surface area contributed by atoms with E-state index in [1.165, 1.54) is 6.08 Å². The zero-order chi connectivity index (χ0) is 8.85. The molecule has 0 aliphatic rings. The van der Waals surface area contributed by atoms with Crippen LogP contribution in [0.3, 0.4) is 0 Å². The van der Waals surface area contributed by atoms with E-state index >= 15 is 0 Å². The predicted octanol–water partition coefficient (Wildman–Crippen LogP) is 1.39. The molecule has 11 heavy (non-hydrogen) atoms. The molecule has 0 fully saturated rings. The second kappa shape index (κ2) is 5.08. The number of rotatable bonds is 4. The van der Waals surface area contributed by atoms with Crippen LogP contribution in [-0.4, -0.2) is 17.5 Å². The molecule has 0 radical (unpaired) electrons. The zero-order valence-electron chi connectivity index (χ0n) is 7.32. The van der Waals surface area contributed by atoms with E-state index < -0.39 is 0 Å². The van der Waals surface area contributed by atoms with Crippen LogP contribution in [0.25, 0.3) is 0 Å². The lowest BCUT2D eigenvalue weighted by Crippen LogP contribution is -2.21. The number of hydrogen-bond donors (Lipinski definition) is 1. The summed E-state index contributed by atoms with van der Waals surface area (Å²) < 4.78 is 0. The largest absolute Gasteiger partial charge is 0.392 e. The van der Waals surface area contributed by atoms with Crippen molar-refractivity contribution in [3.05, 3.63) is 12.2 Å². The summed E-state index contributed by atoms with van der Waals surface area (Å²) in [5.74, 6) is 0.293. The number of aliphatic hydroxyl groups excluding tert-OH is 1. The first kappa shape index (κ1) is 10.4. The highest BCUT2D eigenvalue weighted by Crippen LogP contribution is 2.12. The summed E-state index contributed by atoms with van der Waals surface area (Å²) in [5.41, 5.74) is 0. The van der Waals surface area contributed by atoms with E-state index in [0.29, 0.717) is 0 Å². The lowest BCUT2D eigenvalue weighted by molar-refractivity contribution is -0.104. The Morgan fingerprint density at radius 2 is 1.82 bits per heavy atom. The van der Waals surface area contributed by atoms with Gasteiger partial charge in [0.1, 0.15) is 6.29 Å². The second-order valence-corrected chi connectivity index (χ2v) is 3.11. The molecule has 0 spiro atoms. The first-order chi connectivity index (χ1) is 5.09. The fourth-order valence-corrected chi connectivity index (χ4v) is 0.942. The standard InChI is InChI=1S/C9H16O2/c1-7(2)9(11)8(3)5-4-6-10/h4-9,11H,1-3H3/b5-4+. The van der Waals surface area contributed by atoms with Gasteiger partial charge in [-0.05, 0) is 12.0 Å². The van der Waals surface area contributed by atoms with E-state index in [9.17, 15) is 9.90 Å². The van der Waals surface area contributed by atoms with E-state index in [0.717, 1.165) is 6.29 Å². The SMILES string of the molecule is CC(C)C(O)C(C)/C=C/C=O. The Morgan fingerprint density at radius 1 is 1.27 bits per heavy atom. The monoisotopic (exact) mass is 156 g/mol. The molecule has 0 rings (SSSR count). The van der Waals surface area contributed by atoms with E-state index in [2.05, 4.69) is 0 Å². The minimum Gasteiger partial charge on any atom is -0.392 e. The summed E-state index contributed by atoms with van der Waals surface area (Å²) in [7, 11) is 0. The van der Waals surface area contributed by atoms with Crippen LogP contribution in [0.1, 0.15) is 20.8 Å². The molecule has 0 amide bonds. The Hall–Kier alpha value is -0.630. The summed E-state index contributed by atoms with van der Waals surface area (Å²) in [6, 6.07) is 0. The average molecular weight is 156 g/mol. The van der Waals surface area contributed by atoms with Gasteiger partial charge in [-0.25, -0.2) is 0 Å².